The number of fused-ring (bicyclic) bond motifs is 10. The number of nitrogens with one attached hydrogen (secondary N) is 1. The Balaban J connectivity index is 1.000. The van der Waals surface area contributed by atoms with Crippen LogP contribution in [-0.4, -0.2) is 11.3 Å². The van der Waals surface area contributed by atoms with Crippen LogP contribution in [0.3, 0.4) is 0 Å². The maximum absolute atomic E-state index is 4.34. The van der Waals surface area contributed by atoms with Crippen LogP contribution in [0.1, 0.15) is 107 Å². The van der Waals surface area contributed by atoms with Crippen LogP contribution in [0.2, 0.25) is 0 Å². The molecule has 3 aliphatic rings. The number of anilines is 4. The zero-order valence-electron chi connectivity index (χ0n) is 53.1. The molecule has 3 nitrogen and oxygen atoms in total. The first-order valence-electron chi connectivity index (χ1n) is 32.2. The third kappa shape index (κ3) is 8.77. The number of benzene rings is 12. The van der Waals surface area contributed by atoms with Crippen LogP contribution in [-0.2, 0) is 28.2 Å². The van der Waals surface area contributed by atoms with Crippen LogP contribution in [0.4, 0.5) is 22.7 Å². The van der Waals surface area contributed by atoms with Gasteiger partial charge in [0.25, 0.3) is 6.71 Å². The molecular weight excluding hydrogens is 1090 g/mol. The third-order valence-corrected chi connectivity index (χ3v) is 20.0. The minimum Gasteiger partial charge on any atom is -0.356 e. The second-order valence-corrected chi connectivity index (χ2v) is 28.6. The number of aromatic nitrogens is 1. The first-order valence-corrected chi connectivity index (χ1v) is 32.2. The van der Waals surface area contributed by atoms with Gasteiger partial charge in [0.2, 0.25) is 0 Å². The standard InChI is InChI=1S/C86H74BN3/c1-83(2,3)60-39-44-78-69(47-60)70-48-61(84(4,5)6)40-45-79(70)90(78)64-41-42-74-76(53-64)88-77-51-63(86(59-32-20-13-21-33-59)72-36-24-22-34-65(72)66-35-23-25-37-73(66)86)52-81-82(77)87(74)75-46-58(55-26-14-10-15-27-55)38-43-80(75)89(81)54-71-67(56-28-16-11-17-29-56)49-62(85(7,8)9)50-68(71)57-30-18-12-19-31-57/h10-53,88H,54H2,1-9H3. The molecule has 3 heterocycles. The van der Waals surface area contributed by atoms with Gasteiger partial charge in [0.15, 0.2) is 0 Å². The monoisotopic (exact) mass is 1160 g/mol. The summed E-state index contributed by atoms with van der Waals surface area (Å²) in [5.41, 5.74) is 31.4. The Labute approximate surface area is 531 Å². The molecule has 0 saturated heterocycles. The molecule has 436 valence electrons. The number of nitrogens with zero attached hydrogens (tertiary/aromatic N) is 2. The third-order valence-electron chi connectivity index (χ3n) is 20.0. The summed E-state index contributed by atoms with van der Waals surface area (Å²) >= 11 is 0. The molecule has 16 rings (SSSR count). The molecule has 13 aromatic rings. The lowest BCUT2D eigenvalue weighted by Gasteiger charge is -2.43. The van der Waals surface area contributed by atoms with E-state index < -0.39 is 5.41 Å². The van der Waals surface area contributed by atoms with Crippen LogP contribution >= 0.6 is 0 Å². The van der Waals surface area contributed by atoms with E-state index in [0.29, 0.717) is 6.54 Å². The highest BCUT2D eigenvalue weighted by Gasteiger charge is 2.49. The molecular formula is C86H74BN3. The van der Waals surface area contributed by atoms with Crippen LogP contribution in [0.15, 0.2) is 267 Å². The van der Waals surface area contributed by atoms with E-state index in [-0.39, 0.29) is 23.0 Å². The van der Waals surface area contributed by atoms with Crippen molar-refractivity contribution in [2.45, 2.75) is 90.5 Å². The van der Waals surface area contributed by atoms with Gasteiger partial charge in [-0.25, -0.2) is 0 Å². The molecule has 1 aromatic heterocycles. The van der Waals surface area contributed by atoms with E-state index in [0.717, 1.165) is 17.1 Å². The number of rotatable bonds is 8. The fraction of sp³-hybridized carbons (Fsp3) is 0.163. The molecule has 0 amide bonds. The molecule has 0 bridgehead atoms. The van der Waals surface area contributed by atoms with E-state index in [4.69, 9.17) is 0 Å². The lowest BCUT2D eigenvalue weighted by Crippen LogP contribution is -2.61. The van der Waals surface area contributed by atoms with Gasteiger partial charge in [-0.15, -0.1) is 0 Å². The van der Waals surface area contributed by atoms with Crippen molar-refractivity contribution in [1.82, 2.24) is 4.57 Å². The van der Waals surface area contributed by atoms with Crippen LogP contribution in [0.5, 0.6) is 0 Å². The summed E-state index contributed by atoms with van der Waals surface area (Å²) in [5, 5.41) is 6.90. The Bertz CT molecular complexity index is 4820. The van der Waals surface area contributed by atoms with Crippen molar-refractivity contribution in [2.24, 2.45) is 0 Å². The SMILES string of the molecule is CC(C)(C)c1cc(-c2ccccc2)c(CN2c3ccc(-c4ccccc4)cc3B3c4ccc(-n5c6ccc(C(C)(C)C)cc6c6cc(C(C)(C)C)ccc65)cc4Nc4cc(C5(c6ccccc6)c6ccccc6-c6ccccc65)cc2c43)c(-c2ccccc2)c1. The summed E-state index contributed by atoms with van der Waals surface area (Å²) in [6.07, 6.45) is 0. The molecule has 0 fully saturated rings. The summed E-state index contributed by atoms with van der Waals surface area (Å²) in [4.78, 5) is 2.70. The van der Waals surface area contributed by atoms with Crippen molar-refractivity contribution in [1.29, 1.82) is 0 Å². The van der Waals surface area contributed by atoms with Gasteiger partial charge in [-0.2, -0.15) is 0 Å². The van der Waals surface area contributed by atoms with Gasteiger partial charge in [-0.3, -0.25) is 0 Å². The highest BCUT2D eigenvalue weighted by molar-refractivity contribution is 7.00. The van der Waals surface area contributed by atoms with E-state index in [9.17, 15) is 0 Å². The molecule has 90 heavy (non-hydrogen) atoms. The molecule has 12 aromatic carbocycles. The van der Waals surface area contributed by atoms with Gasteiger partial charge >= 0.3 is 0 Å². The maximum atomic E-state index is 4.34. The van der Waals surface area contributed by atoms with Gasteiger partial charge in [0, 0.05) is 45.8 Å². The van der Waals surface area contributed by atoms with Gasteiger partial charge in [-0.1, -0.05) is 275 Å². The van der Waals surface area contributed by atoms with E-state index in [1.54, 1.807) is 0 Å². The van der Waals surface area contributed by atoms with Crippen molar-refractivity contribution in [3.05, 3.63) is 311 Å². The molecule has 0 radical (unpaired) electrons. The molecule has 0 unspecified atom stereocenters. The Morgan fingerprint density at radius 1 is 0.367 bits per heavy atom. The Hall–Kier alpha value is -9.90. The van der Waals surface area contributed by atoms with Crippen molar-refractivity contribution in [3.63, 3.8) is 0 Å². The summed E-state index contributed by atoms with van der Waals surface area (Å²) in [6.45, 7) is 21.5. The fourth-order valence-corrected chi connectivity index (χ4v) is 15.4. The Kier molecular flexibility index (Phi) is 12.7. The minimum absolute atomic E-state index is 0.00959. The lowest BCUT2D eigenvalue weighted by molar-refractivity contribution is 0.590. The lowest BCUT2D eigenvalue weighted by atomic mass is 9.33. The van der Waals surface area contributed by atoms with E-state index in [1.165, 1.54) is 139 Å². The number of hydrogen-bond donors (Lipinski definition) is 1. The van der Waals surface area contributed by atoms with Crippen molar-refractivity contribution < 1.29 is 0 Å². The molecule has 0 atom stereocenters. The Morgan fingerprint density at radius 2 is 0.878 bits per heavy atom. The number of hydrogen-bond acceptors (Lipinski definition) is 2. The largest absolute Gasteiger partial charge is 0.356 e. The second-order valence-electron chi connectivity index (χ2n) is 28.6. The molecule has 0 saturated carbocycles. The topological polar surface area (TPSA) is 20.2 Å². The summed E-state index contributed by atoms with van der Waals surface area (Å²) in [5.74, 6) is 0. The molecule has 4 heteroatoms. The molecule has 1 aliphatic carbocycles. The van der Waals surface area contributed by atoms with Crippen LogP contribution in [0.25, 0.3) is 72.0 Å². The molecule has 1 N–H and O–H groups in total. The Morgan fingerprint density at radius 3 is 1.42 bits per heavy atom. The summed E-state index contributed by atoms with van der Waals surface area (Å²) in [6, 6.07) is 102. The quantitative estimate of drug-likeness (QED) is 0.153. The average molecular weight is 1160 g/mol. The van der Waals surface area contributed by atoms with Crippen LogP contribution < -0.4 is 26.6 Å². The highest BCUT2D eigenvalue weighted by Crippen LogP contribution is 2.57. The summed E-state index contributed by atoms with van der Waals surface area (Å²) in [7, 11) is 0. The minimum atomic E-state index is -0.665. The maximum Gasteiger partial charge on any atom is 0.252 e. The first kappa shape index (κ1) is 55.4. The predicted octanol–water partition coefficient (Wildman–Crippen LogP) is 20.3. The highest BCUT2D eigenvalue weighted by atomic mass is 15.1. The molecule has 0 spiro atoms. The zero-order chi connectivity index (χ0) is 61.4. The van der Waals surface area contributed by atoms with Crippen molar-refractivity contribution >= 4 is 67.7 Å². The molecule has 2 aliphatic heterocycles. The van der Waals surface area contributed by atoms with Crippen molar-refractivity contribution in [2.75, 3.05) is 10.2 Å². The van der Waals surface area contributed by atoms with Gasteiger partial charge in [0.05, 0.1) is 16.4 Å². The van der Waals surface area contributed by atoms with E-state index in [1.807, 2.05) is 0 Å². The van der Waals surface area contributed by atoms with Gasteiger partial charge < -0.3 is 14.8 Å². The smallest absolute Gasteiger partial charge is 0.252 e. The van der Waals surface area contributed by atoms with Gasteiger partial charge in [-0.05, 0) is 176 Å². The second kappa shape index (κ2) is 20.6. The zero-order valence-corrected chi connectivity index (χ0v) is 53.1. The van der Waals surface area contributed by atoms with Gasteiger partial charge in [0.1, 0.15) is 0 Å². The fourth-order valence-electron chi connectivity index (χ4n) is 15.4. The first-order chi connectivity index (χ1) is 43.5. The van der Waals surface area contributed by atoms with E-state index >= 15 is 0 Å². The van der Waals surface area contributed by atoms with E-state index in [2.05, 4.69) is 344 Å². The average Bonchev–Trinajstić information content (AvgIpc) is 1.28. The predicted molar refractivity (Wildman–Crippen MR) is 384 cm³/mol. The van der Waals surface area contributed by atoms with Crippen molar-refractivity contribution in [3.8, 4) is 50.2 Å². The summed E-state index contributed by atoms with van der Waals surface area (Å²) < 4.78 is 2.52. The van der Waals surface area contributed by atoms with Crippen LogP contribution in [0, 0.1) is 0 Å². The normalized spacial score (nSPS) is 13.8.